The van der Waals surface area contributed by atoms with Gasteiger partial charge in [0.1, 0.15) is 11.5 Å². The van der Waals surface area contributed by atoms with Crippen LogP contribution < -0.4 is 5.32 Å². The third-order valence-electron chi connectivity index (χ3n) is 3.80. The molecule has 1 aromatic carbocycles. The van der Waals surface area contributed by atoms with Crippen molar-refractivity contribution in [3.05, 3.63) is 56.9 Å². The predicted octanol–water partition coefficient (Wildman–Crippen LogP) is 4.00. The number of carbonyl (C=O) groups is 2. The van der Waals surface area contributed by atoms with Crippen LogP contribution in [0.1, 0.15) is 45.5 Å². The number of hydrogen-bond donors (Lipinski definition) is 1. The fourth-order valence-electron chi connectivity index (χ4n) is 2.45. The summed E-state index contributed by atoms with van der Waals surface area (Å²) in [7, 11) is 1.33. The van der Waals surface area contributed by atoms with Gasteiger partial charge >= 0.3 is 5.97 Å². The highest BCUT2D eigenvalue weighted by Crippen LogP contribution is 2.28. The monoisotopic (exact) mass is 393 g/mol. The molecule has 0 saturated heterocycles. The third kappa shape index (κ3) is 4.06. The number of furan rings is 1. The van der Waals surface area contributed by atoms with Gasteiger partial charge in [0, 0.05) is 0 Å². The van der Waals surface area contributed by atoms with Gasteiger partial charge in [0.15, 0.2) is 0 Å². The molecule has 1 heterocycles. The summed E-state index contributed by atoms with van der Waals surface area (Å²) in [4.78, 5) is 24.4. The molecular formula is C18H20BrNO4. The number of carbonyl (C=O) groups excluding carboxylic acids is 2. The van der Waals surface area contributed by atoms with E-state index in [4.69, 9.17) is 9.15 Å². The molecule has 0 saturated carbocycles. The summed E-state index contributed by atoms with van der Waals surface area (Å²) < 4.78 is 10.8. The average Bonchev–Trinajstić information content (AvgIpc) is 2.79. The minimum absolute atomic E-state index is 0.0544. The van der Waals surface area contributed by atoms with Gasteiger partial charge in [0.05, 0.1) is 29.6 Å². The summed E-state index contributed by atoms with van der Waals surface area (Å²) in [5, 5.41) is 2.90. The van der Waals surface area contributed by atoms with Crippen LogP contribution >= 0.6 is 15.9 Å². The van der Waals surface area contributed by atoms with Crippen LogP contribution in [0.4, 0.5) is 0 Å². The number of rotatable bonds is 5. The summed E-state index contributed by atoms with van der Waals surface area (Å²) in [5.74, 6) is 0.473. The number of aryl methyl sites for hydroxylation is 3. The quantitative estimate of drug-likeness (QED) is 0.779. The Balaban J connectivity index is 2.28. The van der Waals surface area contributed by atoms with Crippen molar-refractivity contribution in [2.24, 2.45) is 0 Å². The Hall–Kier alpha value is -2.08. The van der Waals surface area contributed by atoms with Gasteiger partial charge in [-0.3, -0.25) is 9.59 Å². The SMILES string of the molecule is COC(=O)CC(NC(=O)c1c(C)oc(C)c1Br)c1ccc(C)cc1. The van der Waals surface area contributed by atoms with E-state index in [0.717, 1.165) is 11.1 Å². The smallest absolute Gasteiger partial charge is 0.307 e. The van der Waals surface area contributed by atoms with Crippen molar-refractivity contribution in [1.82, 2.24) is 5.32 Å². The molecule has 1 N–H and O–H groups in total. The van der Waals surface area contributed by atoms with Crippen molar-refractivity contribution in [3.8, 4) is 0 Å². The number of ether oxygens (including phenoxy) is 1. The maximum atomic E-state index is 12.7. The molecule has 0 aliphatic heterocycles. The predicted molar refractivity (Wildman–Crippen MR) is 93.9 cm³/mol. The molecular weight excluding hydrogens is 374 g/mol. The second kappa shape index (κ2) is 7.66. The second-order valence-corrected chi connectivity index (χ2v) is 6.41. The first kappa shape index (κ1) is 18.3. The van der Waals surface area contributed by atoms with Crippen molar-refractivity contribution in [2.45, 2.75) is 33.2 Å². The van der Waals surface area contributed by atoms with Gasteiger partial charge in [-0.2, -0.15) is 0 Å². The van der Waals surface area contributed by atoms with Crippen molar-refractivity contribution < 1.29 is 18.7 Å². The largest absolute Gasteiger partial charge is 0.469 e. The van der Waals surface area contributed by atoms with Gasteiger partial charge in [-0.25, -0.2) is 0 Å². The third-order valence-corrected chi connectivity index (χ3v) is 4.75. The Labute approximate surface area is 149 Å². The first-order valence-corrected chi connectivity index (χ1v) is 8.32. The molecule has 1 amide bonds. The van der Waals surface area contributed by atoms with Gasteiger partial charge in [0.2, 0.25) is 0 Å². The summed E-state index contributed by atoms with van der Waals surface area (Å²) in [6, 6.07) is 7.19. The maximum Gasteiger partial charge on any atom is 0.307 e. The molecule has 24 heavy (non-hydrogen) atoms. The molecule has 0 spiro atoms. The molecule has 0 bridgehead atoms. The number of methoxy groups -OCH3 is 1. The highest BCUT2D eigenvalue weighted by molar-refractivity contribution is 9.10. The molecule has 1 aromatic heterocycles. The van der Waals surface area contributed by atoms with Crippen LogP contribution in [0.5, 0.6) is 0 Å². The molecule has 2 rings (SSSR count). The van der Waals surface area contributed by atoms with E-state index in [-0.39, 0.29) is 18.3 Å². The van der Waals surface area contributed by atoms with Crippen LogP contribution in [0.3, 0.4) is 0 Å². The molecule has 0 aliphatic carbocycles. The van der Waals surface area contributed by atoms with Crippen molar-refractivity contribution in [1.29, 1.82) is 0 Å². The minimum atomic E-state index is -0.480. The van der Waals surface area contributed by atoms with E-state index in [9.17, 15) is 9.59 Å². The van der Waals surface area contributed by atoms with E-state index in [2.05, 4.69) is 21.2 Å². The zero-order valence-electron chi connectivity index (χ0n) is 14.1. The normalized spacial score (nSPS) is 11.9. The summed E-state index contributed by atoms with van der Waals surface area (Å²) in [5.41, 5.74) is 2.38. The Morgan fingerprint density at radius 2 is 1.79 bits per heavy atom. The van der Waals surface area contributed by atoms with E-state index in [1.807, 2.05) is 31.2 Å². The molecule has 2 aromatic rings. The zero-order chi connectivity index (χ0) is 17.9. The van der Waals surface area contributed by atoms with E-state index in [1.165, 1.54) is 7.11 Å². The highest BCUT2D eigenvalue weighted by atomic mass is 79.9. The topological polar surface area (TPSA) is 68.5 Å². The van der Waals surface area contributed by atoms with E-state index >= 15 is 0 Å². The number of halogens is 1. The van der Waals surface area contributed by atoms with Gasteiger partial charge in [-0.15, -0.1) is 0 Å². The van der Waals surface area contributed by atoms with Crippen LogP contribution in [-0.2, 0) is 9.53 Å². The average molecular weight is 394 g/mol. The first-order valence-electron chi connectivity index (χ1n) is 7.53. The molecule has 0 radical (unpaired) electrons. The Bertz CT molecular complexity index is 749. The molecule has 0 aliphatic rings. The molecule has 1 atom stereocenters. The van der Waals surface area contributed by atoms with Crippen LogP contribution in [0, 0.1) is 20.8 Å². The number of nitrogens with one attached hydrogen (secondary N) is 1. The number of benzene rings is 1. The summed E-state index contributed by atoms with van der Waals surface area (Å²) >= 11 is 3.38. The number of amides is 1. The Morgan fingerprint density at radius 1 is 1.17 bits per heavy atom. The minimum Gasteiger partial charge on any atom is -0.469 e. The van der Waals surface area contributed by atoms with Gasteiger partial charge in [-0.1, -0.05) is 29.8 Å². The van der Waals surface area contributed by atoms with Gasteiger partial charge in [-0.05, 0) is 42.3 Å². The van der Waals surface area contributed by atoms with Crippen LogP contribution in [0.2, 0.25) is 0 Å². The first-order chi connectivity index (χ1) is 11.3. The number of hydrogen-bond acceptors (Lipinski definition) is 4. The lowest BCUT2D eigenvalue weighted by Crippen LogP contribution is -2.31. The molecule has 128 valence electrons. The fraction of sp³-hybridized carbons (Fsp3) is 0.333. The number of esters is 1. The van der Waals surface area contributed by atoms with Gasteiger partial charge in [0.25, 0.3) is 5.91 Å². The molecule has 5 nitrogen and oxygen atoms in total. The molecule has 6 heteroatoms. The van der Waals surface area contributed by atoms with E-state index < -0.39 is 6.04 Å². The van der Waals surface area contributed by atoms with Crippen LogP contribution in [0.25, 0.3) is 0 Å². The van der Waals surface area contributed by atoms with E-state index in [1.54, 1.807) is 13.8 Å². The highest BCUT2D eigenvalue weighted by Gasteiger charge is 2.24. The lowest BCUT2D eigenvalue weighted by molar-refractivity contribution is -0.141. The zero-order valence-corrected chi connectivity index (χ0v) is 15.7. The maximum absolute atomic E-state index is 12.7. The Morgan fingerprint density at radius 3 is 2.29 bits per heavy atom. The second-order valence-electron chi connectivity index (χ2n) is 5.62. The lowest BCUT2D eigenvalue weighted by atomic mass is 10.0. The lowest BCUT2D eigenvalue weighted by Gasteiger charge is -2.18. The van der Waals surface area contributed by atoms with Crippen molar-refractivity contribution in [3.63, 3.8) is 0 Å². The van der Waals surface area contributed by atoms with Crippen molar-refractivity contribution >= 4 is 27.8 Å². The summed E-state index contributed by atoms with van der Waals surface area (Å²) in [6.45, 7) is 5.49. The van der Waals surface area contributed by atoms with Crippen LogP contribution in [-0.4, -0.2) is 19.0 Å². The van der Waals surface area contributed by atoms with Crippen LogP contribution in [0.15, 0.2) is 33.2 Å². The fourth-order valence-corrected chi connectivity index (χ4v) is 2.99. The summed E-state index contributed by atoms with van der Waals surface area (Å²) in [6.07, 6.45) is 0.0544. The Kier molecular flexibility index (Phi) is 5.83. The van der Waals surface area contributed by atoms with Gasteiger partial charge < -0.3 is 14.5 Å². The molecule has 1 unspecified atom stereocenters. The standard InChI is InChI=1S/C18H20BrNO4/c1-10-5-7-13(8-6-10)14(9-15(21)23-4)20-18(22)16-11(2)24-12(3)17(16)19/h5-8,14H,9H2,1-4H3,(H,20,22). The van der Waals surface area contributed by atoms with E-state index in [0.29, 0.717) is 21.6 Å². The van der Waals surface area contributed by atoms with Crippen molar-refractivity contribution in [2.75, 3.05) is 7.11 Å². The molecule has 0 fully saturated rings.